The molecule has 138 valence electrons. The highest BCUT2D eigenvalue weighted by molar-refractivity contribution is 6.01. The third-order valence-corrected chi connectivity index (χ3v) is 3.81. The van der Waals surface area contributed by atoms with Crippen LogP contribution in [0.4, 0.5) is 0 Å². The molecule has 0 heterocycles. The summed E-state index contributed by atoms with van der Waals surface area (Å²) in [6.07, 6.45) is 0. The molecule has 2 aromatic carbocycles. The Balaban J connectivity index is 1.90. The lowest BCUT2D eigenvalue weighted by atomic mass is 9.87. The predicted molar refractivity (Wildman–Crippen MR) is 101 cm³/mol. The topological polar surface area (TPSA) is 91.2 Å². The zero-order valence-electron chi connectivity index (χ0n) is 15.4. The maximum absolute atomic E-state index is 11.9. The van der Waals surface area contributed by atoms with Crippen molar-refractivity contribution in [2.45, 2.75) is 33.1 Å². The molecule has 0 saturated carbocycles. The van der Waals surface area contributed by atoms with E-state index >= 15 is 0 Å². The standard InChI is InChI=1S/C20H24N2O4/c1-13(17-10-7-15(23)11-18(17)24)21-22-19(25)12-26-16-8-5-14(6-9-16)20(2,3)4/h5-11,23-24H,12H2,1-4H3,(H,22,25)/b21-13+. The van der Waals surface area contributed by atoms with Crippen LogP contribution in [0.3, 0.4) is 0 Å². The second-order valence-corrected chi connectivity index (χ2v) is 7.00. The summed E-state index contributed by atoms with van der Waals surface area (Å²) < 4.78 is 5.45. The number of hydrogen-bond donors (Lipinski definition) is 3. The van der Waals surface area contributed by atoms with Crippen LogP contribution in [0, 0.1) is 0 Å². The molecule has 0 bridgehead atoms. The first-order valence-corrected chi connectivity index (χ1v) is 8.25. The third-order valence-electron chi connectivity index (χ3n) is 3.81. The number of carbonyl (C=O) groups is 1. The van der Waals surface area contributed by atoms with Crippen LogP contribution in [0.5, 0.6) is 17.2 Å². The second kappa shape index (κ2) is 7.91. The van der Waals surface area contributed by atoms with E-state index in [1.54, 1.807) is 6.92 Å². The van der Waals surface area contributed by atoms with Gasteiger partial charge in [-0.1, -0.05) is 32.9 Å². The maximum atomic E-state index is 11.9. The molecule has 2 rings (SSSR count). The van der Waals surface area contributed by atoms with Crippen LogP contribution in [0.25, 0.3) is 0 Å². The molecule has 0 aromatic heterocycles. The molecule has 3 N–H and O–H groups in total. The summed E-state index contributed by atoms with van der Waals surface area (Å²) >= 11 is 0. The van der Waals surface area contributed by atoms with Gasteiger partial charge in [-0.15, -0.1) is 0 Å². The van der Waals surface area contributed by atoms with Crippen LogP contribution in [0.2, 0.25) is 0 Å². The molecule has 0 unspecified atom stereocenters. The van der Waals surface area contributed by atoms with Gasteiger partial charge in [-0.3, -0.25) is 4.79 Å². The number of hydrazone groups is 1. The average molecular weight is 356 g/mol. The molecule has 0 saturated heterocycles. The van der Waals surface area contributed by atoms with Crippen LogP contribution in [0.15, 0.2) is 47.6 Å². The van der Waals surface area contributed by atoms with E-state index in [9.17, 15) is 15.0 Å². The van der Waals surface area contributed by atoms with E-state index in [1.165, 1.54) is 23.8 Å². The zero-order chi connectivity index (χ0) is 19.3. The largest absolute Gasteiger partial charge is 0.508 e. The first-order valence-electron chi connectivity index (χ1n) is 8.25. The minimum Gasteiger partial charge on any atom is -0.508 e. The molecule has 0 aliphatic rings. The highest BCUT2D eigenvalue weighted by Crippen LogP contribution is 2.24. The van der Waals surface area contributed by atoms with E-state index in [1.807, 2.05) is 24.3 Å². The predicted octanol–water partition coefficient (Wildman–Crippen LogP) is 3.31. The number of aromatic hydroxyl groups is 2. The summed E-state index contributed by atoms with van der Waals surface area (Å²) in [7, 11) is 0. The first-order chi connectivity index (χ1) is 12.2. The lowest BCUT2D eigenvalue weighted by Crippen LogP contribution is -2.25. The van der Waals surface area contributed by atoms with Gasteiger partial charge in [-0.05, 0) is 42.2 Å². The van der Waals surface area contributed by atoms with Crippen molar-refractivity contribution in [1.29, 1.82) is 0 Å². The van der Waals surface area contributed by atoms with Gasteiger partial charge in [0, 0.05) is 11.6 Å². The van der Waals surface area contributed by atoms with Crippen molar-refractivity contribution in [2.24, 2.45) is 5.10 Å². The normalized spacial score (nSPS) is 11.9. The highest BCUT2D eigenvalue weighted by atomic mass is 16.5. The van der Waals surface area contributed by atoms with Crippen molar-refractivity contribution < 1.29 is 19.7 Å². The van der Waals surface area contributed by atoms with Gasteiger partial charge in [-0.25, -0.2) is 5.43 Å². The number of hydrogen-bond acceptors (Lipinski definition) is 5. The number of amides is 1. The van der Waals surface area contributed by atoms with E-state index in [2.05, 4.69) is 31.3 Å². The van der Waals surface area contributed by atoms with Gasteiger partial charge in [-0.2, -0.15) is 5.10 Å². The Bertz CT molecular complexity index is 806. The van der Waals surface area contributed by atoms with Gasteiger partial charge in [0.2, 0.25) is 0 Å². The number of benzene rings is 2. The molecule has 26 heavy (non-hydrogen) atoms. The molecule has 0 atom stereocenters. The molecule has 6 nitrogen and oxygen atoms in total. The van der Waals surface area contributed by atoms with Crippen molar-refractivity contribution in [3.63, 3.8) is 0 Å². The van der Waals surface area contributed by atoms with Gasteiger partial charge in [0.1, 0.15) is 17.2 Å². The molecule has 0 aliphatic carbocycles. The number of nitrogens with one attached hydrogen (secondary N) is 1. The van der Waals surface area contributed by atoms with Crippen molar-refractivity contribution >= 4 is 11.6 Å². The molecule has 0 fully saturated rings. The first kappa shape index (κ1) is 19.3. The fourth-order valence-electron chi connectivity index (χ4n) is 2.26. The smallest absolute Gasteiger partial charge is 0.277 e. The summed E-state index contributed by atoms with van der Waals surface area (Å²) in [5, 5.41) is 23.0. The summed E-state index contributed by atoms with van der Waals surface area (Å²) in [4.78, 5) is 11.9. The molecule has 0 aliphatic heterocycles. The number of ether oxygens (including phenoxy) is 1. The molecule has 1 amide bonds. The van der Waals surface area contributed by atoms with E-state index in [-0.39, 0.29) is 23.5 Å². The van der Waals surface area contributed by atoms with Crippen LogP contribution in [-0.2, 0) is 10.2 Å². The Kier molecular flexibility index (Phi) is 5.87. The minimum atomic E-state index is -0.414. The van der Waals surface area contributed by atoms with Crippen LogP contribution >= 0.6 is 0 Å². The fourth-order valence-corrected chi connectivity index (χ4v) is 2.26. The lowest BCUT2D eigenvalue weighted by molar-refractivity contribution is -0.123. The second-order valence-electron chi connectivity index (χ2n) is 7.00. The summed E-state index contributed by atoms with van der Waals surface area (Å²) in [6.45, 7) is 7.85. The molecule has 0 spiro atoms. The minimum absolute atomic E-state index is 0.0473. The Hall–Kier alpha value is -3.02. The van der Waals surface area contributed by atoms with E-state index in [0.717, 1.165) is 0 Å². The summed E-state index contributed by atoms with van der Waals surface area (Å²) in [5.74, 6) is 0.0252. The summed E-state index contributed by atoms with van der Waals surface area (Å²) in [6, 6.07) is 11.8. The molecule has 6 heteroatoms. The third kappa shape index (κ3) is 5.24. The SMILES string of the molecule is C/C(=N\NC(=O)COc1ccc(C(C)(C)C)cc1)c1ccc(O)cc1O. The molecule has 0 radical (unpaired) electrons. The van der Waals surface area contributed by atoms with Crippen molar-refractivity contribution in [2.75, 3.05) is 6.61 Å². The lowest BCUT2D eigenvalue weighted by Gasteiger charge is -2.19. The average Bonchev–Trinajstić information content (AvgIpc) is 2.57. The van der Waals surface area contributed by atoms with Gasteiger partial charge >= 0.3 is 0 Å². The molecular formula is C20H24N2O4. The summed E-state index contributed by atoms with van der Waals surface area (Å²) in [5.41, 5.74) is 4.45. The van der Waals surface area contributed by atoms with Crippen LogP contribution in [-0.4, -0.2) is 28.4 Å². The number of phenolic OH excluding ortho intramolecular Hbond substituents is 2. The van der Waals surface area contributed by atoms with Crippen molar-refractivity contribution in [1.82, 2.24) is 5.43 Å². The van der Waals surface area contributed by atoms with Crippen LogP contribution in [0.1, 0.15) is 38.8 Å². The monoisotopic (exact) mass is 356 g/mol. The highest BCUT2D eigenvalue weighted by Gasteiger charge is 2.13. The van der Waals surface area contributed by atoms with Gasteiger partial charge in [0.05, 0.1) is 5.71 Å². The Labute approximate surface area is 153 Å². The van der Waals surface area contributed by atoms with E-state index in [4.69, 9.17) is 4.74 Å². The quantitative estimate of drug-likeness (QED) is 0.566. The van der Waals surface area contributed by atoms with Crippen LogP contribution < -0.4 is 10.2 Å². The van der Waals surface area contributed by atoms with Crippen molar-refractivity contribution in [3.05, 3.63) is 53.6 Å². The number of nitrogens with zero attached hydrogens (tertiary/aromatic N) is 1. The number of carbonyl (C=O) groups excluding carboxylic acids is 1. The molecular weight excluding hydrogens is 332 g/mol. The zero-order valence-corrected chi connectivity index (χ0v) is 15.4. The fraction of sp³-hybridized carbons (Fsp3) is 0.300. The van der Waals surface area contributed by atoms with Crippen molar-refractivity contribution in [3.8, 4) is 17.2 Å². The van der Waals surface area contributed by atoms with Gasteiger partial charge in [0.25, 0.3) is 5.91 Å². The van der Waals surface area contributed by atoms with E-state index < -0.39 is 5.91 Å². The Morgan fingerprint density at radius 2 is 1.77 bits per heavy atom. The molecule has 2 aromatic rings. The van der Waals surface area contributed by atoms with E-state index in [0.29, 0.717) is 17.0 Å². The van der Waals surface area contributed by atoms with Gasteiger partial charge < -0.3 is 14.9 Å². The Morgan fingerprint density at radius 1 is 1.12 bits per heavy atom. The maximum Gasteiger partial charge on any atom is 0.277 e. The number of phenols is 2. The van der Waals surface area contributed by atoms with Gasteiger partial charge in [0.15, 0.2) is 6.61 Å². The number of rotatable bonds is 5. The Morgan fingerprint density at radius 3 is 2.35 bits per heavy atom.